The second-order valence-corrected chi connectivity index (χ2v) is 5.41. The monoisotopic (exact) mass is 299 g/mol. The van der Waals surface area contributed by atoms with E-state index in [1.54, 1.807) is 0 Å². The van der Waals surface area contributed by atoms with Crippen LogP contribution in [0.5, 0.6) is 5.75 Å². The molecule has 0 saturated carbocycles. The van der Waals surface area contributed by atoms with Gasteiger partial charge >= 0.3 is 0 Å². The van der Waals surface area contributed by atoms with Gasteiger partial charge in [-0.15, -0.1) is 0 Å². The van der Waals surface area contributed by atoms with Crippen molar-refractivity contribution in [3.8, 4) is 5.75 Å². The first-order valence-electron chi connectivity index (χ1n) is 6.23. The van der Waals surface area contributed by atoms with E-state index in [1.807, 2.05) is 6.07 Å². The van der Waals surface area contributed by atoms with Gasteiger partial charge in [0.25, 0.3) is 0 Å². The summed E-state index contributed by atoms with van der Waals surface area (Å²) in [5.41, 5.74) is 1.24. The second-order valence-electron chi connectivity index (χ2n) is 4.55. The van der Waals surface area contributed by atoms with Crippen LogP contribution in [0.3, 0.4) is 0 Å². The summed E-state index contributed by atoms with van der Waals surface area (Å²) in [5, 5.41) is 3.40. The number of benzene rings is 1. The minimum atomic E-state index is 0.523. The first-order valence-corrected chi connectivity index (χ1v) is 7.02. The van der Waals surface area contributed by atoms with Gasteiger partial charge < -0.3 is 10.1 Å². The predicted molar refractivity (Wildman–Crippen MR) is 76.7 cm³/mol. The van der Waals surface area contributed by atoms with E-state index in [0.717, 1.165) is 29.9 Å². The van der Waals surface area contributed by atoms with Crippen LogP contribution in [0, 0.1) is 12.8 Å². The summed E-state index contributed by atoms with van der Waals surface area (Å²) < 4.78 is 6.83. The van der Waals surface area contributed by atoms with E-state index in [9.17, 15) is 0 Å². The molecule has 0 aliphatic carbocycles. The molecule has 0 heterocycles. The summed E-state index contributed by atoms with van der Waals surface area (Å²) >= 11 is 3.52. The molecule has 0 aliphatic rings. The first kappa shape index (κ1) is 14.5. The summed E-state index contributed by atoms with van der Waals surface area (Å²) in [5.74, 6) is 1.45. The Morgan fingerprint density at radius 1 is 1.41 bits per heavy atom. The largest absolute Gasteiger partial charge is 0.492 e. The third-order valence-corrected chi connectivity index (χ3v) is 3.15. The van der Waals surface area contributed by atoms with Gasteiger partial charge in [-0.25, -0.2) is 0 Å². The lowest BCUT2D eigenvalue weighted by Crippen LogP contribution is -2.25. The Morgan fingerprint density at radius 2 is 2.18 bits per heavy atom. The molecule has 17 heavy (non-hydrogen) atoms. The Hall–Kier alpha value is -0.540. The summed E-state index contributed by atoms with van der Waals surface area (Å²) in [7, 11) is 0. The topological polar surface area (TPSA) is 21.3 Å². The van der Waals surface area contributed by atoms with E-state index in [1.165, 1.54) is 12.0 Å². The number of hydrogen-bond donors (Lipinski definition) is 1. The molecule has 0 aromatic heterocycles. The van der Waals surface area contributed by atoms with Crippen molar-refractivity contribution in [2.75, 3.05) is 19.7 Å². The van der Waals surface area contributed by atoms with Crippen molar-refractivity contribution in [3.63, 3.8) is 0 Å². The molecule has 1 rings (SSSR count). The highest BCUT2D eigenvalue weighted by molar-refractivity contribution is 9.10. The lowest BCUT2D eigenvalue weighted by Gasteiger charge is -2.14. The summed E-state index contributed by atoms with van der Waals surface area (Å²) in [6.07, 6.45) is 1.18. The summed E-state index contributed by atoms with van der Waals surface area (Å²) in [6, 6.07) is 6.17. The molecule has 1 aromatic rings. The van der Waals surface area contributed by atoms with Gasteiger partial charge in [-0.2, -0.15) is 0 Å². The van der Waals surface area contributed by atoms with Gasteiger partial charge in [0.1, 0.15) is 5.75 Å². The number of hydrogen-bond acceptors (Lipinski definition) is 2. The molecule has 2 nitrogen and oxygen atoms in total. The van der Waals surface area contributed by atoms with E-state index < -0.39 is 0 Å². The molecule has 1 N–H and O–H groups in total. The van der Waals surface area contributed by atoms with Crippen molar-refractivity contribution in [1.29, 1.82) is 0 Å². The fourth-order valence-electron chi connectivity index (χ4n) is 1.54. The van der Waals surface area contributed by atoms with E-state index in [-0.39, 0.29) is 0 Å². The minimum absolute atomic E-state index is 0.523. The zero-order valence-corrected chi connectivity index (χ0v) is 12.5. The average Bonchev–Trinajstić information content (AvgIpc) is 2.28. The van der Waals surface area contributed by atoms with Gasteiger partial charge in [-0.1, -0.05) is 19.9 Å². The quantitative estimate of drug-likeness (QED) is 0.774. The average molecular weight is 300 g/mol. The van der Waals surface area contributed by atoms with Crippen LogP contribution in [-0.2, 0) is 0 Å². The Bertz CT molecular complexity index is 341. The third kappa shape index (κ3) is 5.55. The maximum Gasteiger partial charge on any atom is 0.133 e. The number of aryl methyl sites for hydroxylation is 1. The maximum absolute atomic E-state index is 5.80. The van der Waals surface area contributed by atoms with Crippen LogP contribution in [-0.4, -0.2) is 19.7 Å². The Morgan fingerprint density at radius 3 is 2.82 bits per heavy atom. The summed E-state index contributed by atoms with van der Waals surface area (Å²) in [4.78, 5) is 0. The maximum atomic E-state index is 5.80. The van der Waals surface area contributed by atoms with Crippen molar-refractivity contribution in [2.24, 2.45) is 5.92 Å². The zero-order valence-electron chi connectivity index (χ0n) is 10.9. The highest BCUT2D eigenvalue weighted by Gasteiger charge is 2.05. The normalized spacial score (nSPS) is 12.5. The van der Waals surface area contributed by atoms with Crippen LogP contribution in [0.1, 0.15) is 25.8 Å². The molecular weight excluding hydrogens is 278 g/mol. The van der Waals surface area contributed by atoms with Gasteiger partial charge in [0.05, 0.1) is 11.1 Å². The molecule has 96 valence electrons. The van der Waals surface area contributed by atoms with Crippen molar-refractivity contribution in [1.82, 2.24) is 5.32 Å². The van der Waals surface area contributed by atoms with Gasteiger partial charge in [0.15, 0.2) is 0 Å². The number of nitrogens with one attached hydrogen (secondary N) is 1. The van der Waals surface area contributed by atoms with Crippen molar-refractivity contribution in [3.05, 3.63) is 28.2 Å². The lowest BCUT2D eigenvalue weighted by atomic mass is 10.2. The second kappa shape index (κ2) is 7.72. The fourth-order valence-corrected chi connectivity index (χ4v) is 2.15. The number of ether oxygens (including phenoxy) is 1. The van der Waals surface area contributed by atoms with Gasteiger partial charge in [0, 0.05) is 12.5 Å². The van der Waals surface area contributed by atoms with Crippen molar-refractivity contribution >= 4 is 15.9 Å². The predicted octanol–water partition coefficient (Wildman–Crippen LogP) is 3.77. The molecule has 1 aromatic carbocycles. The third-order valence-electron chi connectivity index (χ3n) is 2.53. The molecule has 0 saturated heterocycles. The van der Waals surface area contributed by atoms with Crippen molar-refractivity contribution < 1.29 is 4.74 Å². The Balaban J connectivity index is 2.34. The highest BCUT2D eigenvalue weighted by atomic mass is 79.9. The number of rotatable bonds is 7. The Kier molecular flexibility index (Phi) is 6.60. The Labute approximate surface area is 113 Å². The molecule has 1 unspecified atom stereocenters. The molecule has 0 amide bonds. The number of halogens is 1. The van der Waals surface area contributed by atoms with Crippen LogP contribution in [0.2, 0.25) is 0 Å². The smallest absolute Gasteiger partial charge is 0.133 e. The SMILES string of the molecule is CCCNCC(C)COc1ccc(C)cc1Br. The van der Waals surface area contributed by atoms with E-state index in [2.05, 4.69) is 54.2 Å². The molecule has 0 fully saturated rings. The van der Waals surface area contributed by atoms with Gasteiger partial charge in [-0.3, -0.25) is 0 Å². The molecule has 3 heteroatoms. The van der Waals surface area contributed by atoms with E-state index in [0.29, 0.717) is 5.92 Å². The van der Waals surface area contributed by atoms with Crippen LogP contribution < -0.4 is 10.1 Å². The molecule has 1 atom stereocenters. The first-order chi connectivity index (χ1) is 8.13. The van der Waals surface area contributed by atoms with E-state index >= 15 is 0 Å². The molecular formula is C14H22BrNO. The standard InChI is InChI=1S/C14H22BrNO/c1-4-7-16-9-12(3)10-17-14-6-5-11(2)8-13(14)15/h5-6,8,12,16H,4,7,9-10H2,1-3H3. The zero-order chi connectivity index (χ0) is 12.7. The lowest BCUT2D eigenvalue weighted by molar-refractivity contribution is 0.254. The summed E-state index contributed by atoms with van der Waals surface area (Å²) in [6.45, 7) is 9.29. The molecule has 0 aliphatic heterocycles. The highest BCUT2D eigenvalue weighted by Crippen LogP contribution is 2.25. The van der Waals surface area contributed by atoms with Gasteiger partial charge in [-0.05, 0) is 53.5 Å². The minimum Gasteiger partial charge on any atom is -0.492 e. The molecule has 0 radical (unpaired) electrons. The van der Waals surface area contributed by atoms with Crippen LogP contribution >= 0.6 is 15.9 Å². The molecule has 0 spiro atoms. The fraction of sp³-hybridized carbons (Fsp3) is 0.571. The van der Waals surface area contributed by atoms with Crippen LogP contribution in [0.15, 0.2) is 22.7 Å². The van der Waals surface area contributed by atoms with Crippen LogP contribution in [0.25, 0.3) is 0 Å². The van der Waals surface area contributed by atoms with E-state index in [4.69, 9.17) is 4.74 Å². The van der Waals surface area contributed by atoms with Crippen LogP contribution in [0.4, 0.5) is 0 Å². The molecule has 0 bridgehead atoms. The van der Waals surface area contributed by atoms with Gasteiger partial charge in [0.2, 0.25) is 0 Å². The van der Waals surface area contributed by atoms with Crippen molar-refractivity contribution in [2.45, 2.75) is 27.2 Å².